The normalized spacial score (nSPS) is 15.2. The Morgan fingerprint density at radius 1 is 1.33 bits per heavy atom. The Morgan fingerprint density at radius 2 is 2.11 bits per heavy atom. The van der Waals surface area contributed by atoms with Gasteiger partial charge in [0.1, 0.15) is 18.7 Å². The van der Waals surface area contributed by atoms with Crippen molar-refractivity contribution >= 4 is 33.1 Å². The largest absolute Gasteiger partial charge is 0.408 e. The zero-order chi connectivity index (χ0) is 19.2. The minimum absolute atomic E-state index is 0.169. The van der Waals surface area contributed by atoms with E-state index in [-0.39, 0.29) is 6.04 Å². The maximum atomic E-state index is 12.4. The van der Waals surface area contributed by atoms with Crippen molar-refractivity contribution in [2.75, 3.05) is 29.9 Å². The number of likely N-dealkylation sites (N-methyl/N-ethyl adjacent to an activating group) is 1. The van der Waals surface area contributed by atoms with Gasteiger partial charge in [-0.3, -0.25) is 4.79 Å². The average Bonchev–Trinajstić information content (AvgIpc) is 3.03. The summed E-state index contributed by atoms with van der Waals surface area (Å²) in [7, 11) is 1.95. The first-order chi connectivity index (χ1) is 12.8. The van der Waals surface area contributed by atoms with Crippen molar-refractivity contribution in [2.45, 2.75) is 18.8 Å². The summed E-state index contributed by atoms with van der Waals surface area (Å²) >= 11 is 1.57. The third kappa shape index (κ3) is 3.46. The maximum absolute atomic E-state index is 12.4. The Hall–Kier alpha value is -2.69. The van der Waals surface area contributed by atoms with Gasteiger partial charge in [-0.25, -0.2) is 14.6 Å². The number of rotatable bonds is 4. The standard InChI is InChI=1S/C16H15F3N6OS/c1-23(15-14-12(2-3-27-14)20-9-21-15)11-6-24(7-11)10-4-13(26)25(22-5-10)8-16(17,18)19/h2-5,9,11H,6-8H2,1H3. The lowest BCUT2D eigenvalue weighted by molar-refractivity contribution is -0.143. The molecular weight excluding hydrogens is 381 g/mol. The second kappa shape index (κ2) is 6.48. The molecule has 0 bridgehead atoms. The highest BCUT2D eigenvalue weighted by Crippen LogP contribution is 2.31. The molecule has 0 aliphatic carbocycles. The molecular formula is C16H15F3N6OS. The fourth-order valence-corrected chi connectivity index (χ4v) is 3.87. The summed E-state index contributed by atoms with van der Waals surface area (Å²) in [5.41, 5.74) is 0.648. The Kier molecular flexibility index (Phi) is 4.25. The van der Waals surface area contributed by atoms with Crippen molar-refractivity contribution in [3.8, 4) is 0 Å². The van der Waals surface area contributed by atoms with Crippen LogP contribution in [0.15, 0.2) is 34.8 Å². The zero-order valence-electron chi connectivity index (χ0n) is 14.2. The Balaban J connectivity index is 1.46. The molecule has 0 saturated carbocycles. The van der Waals surface area contributed by atoms with E-state index in [9.17, 15) is 18.0 Å². The molecule has 27 heavy (non-hydrogen) atoms. The van der Waals surface area contributed by atoms with Gasteiger partial charge in [0.25, 0.3) is 5.56 Å². The molecule has 1 saturated heterocycles. The van der Waals surface area contributed by atoms with E-state index in [2.05, 4.69) is 20.0 Å². The lowest BCUT2D eigenvalue weighted by Gasteiger charge is -2.45. The van der Waals surface area contributed by atoms with E-state index in [0.29, 0.717) is 23.5 Å². The minimum atomic E-state index is -4.48. The SMILES string of the molecule is CN(c1ncnc2ccsc12)C1CN(c2cnn(CC(F)(F)F)c(=O)c2)C1. The van der Waals surface area contributed by atoms with Gasteiger partial charge in [0.15, 0.2) is 0 Å². The minimum Gasteiger partial charge on any atom is -0.366 e. The van der Waals surface area contributed by atoms with Crippen LogP contribution in [-0.2, 0) is 6.54 Å². The van der Waals surface area contributed by atoms with Crippen LogP contribution in [0.3, 0.4) is 0 Å². The molecule has 0 unspecified atom stereocenters. The van der Waals surface area contributed by atoms with Crippen molar-refractivity contribution < 1.29 is 13.2 Å². The molecule has 0 aromatic carbocycles. The van der Waals surface area contributed by atoms with E-state index in [1.807, 2.05) is 23.4 Å². The third-order valence-electron chi connectivity index (χ3n) is 4.52. The van der Waals surface area contributed by atoms with Crippen molar-refractivity contribution in [1.29, 1.82) is 0 Å². The van der Waals surface area contributed by atoms with Crippen LogP contribution in [-0.4, -0.2) is 52.1 Å². The molecule has 3 aromatic rings. The van der Waals surface area contributed by atoms with Crippen LogP contribution in [0.25, 0.3) is 10.2 Å². The van der Waals surface area contributed by atoms with Gasteiger partial charge in [-0.2, -0.15) is 18.3 Å². The maximum Gasteiger partial charge on any atom is 0.408 e. The summed E-state index contributed by atoms with van der Waals surface area (Å²) in [6.45, 7) is -0.141. The van der Waals surface area contributed by atoms with Gasteiger partial charge in [-0.1, -0.05) is 0 Å². The summed E-state index contributed by atoms with van der Waals surface area (Å²) in [4.78, 5) is 24.4. The molecule has 11 heteroatoms. The highest BCUT2D eigenvalue weighted by atomic mass is 32.1. The fraction of sp³-hybridized carbons (Fsp3) is 0.375. The molecule has 3 aromatic heterocycles. The molecule has 0 radical (unpaired) electrons. The average molecular weight is 396 g/mol. The number of hydrogen-bond acceptors (Lipinski definition) is 7. The number of alkyl halides is 3. The number of nitrogens with zero attached hydrogens (tertiary/aromatic N) is 6. The van der Waals surface area contributed by atoms with Gasteiger partial charge in [0.2, 0.25) is 0 Å². The summed E-state index contributed by atoms with van der Waals surface area (Å²) in [5, 5.41) is 5.60. The molecule has 0 amide bonds. The zero-order valence-corrected chi connectivity index (χ0v) is 15.0. The smallest absolute Gasteiger partial charge is 0.366 e. The van der Waals surface area contributed by atoms with E-state index >= 15 is 0 Å². The van der Waals surface area contributed by atoms with Crippen LogP contribution in [0.2, 0.25) is 0 Å². The van der Waals surface area contributed by atoms with E-state index in [0.717, 1.165) is 16.0 Å². The highest BCUT2D eigenvalue weighted by molar-refractivity contribution is 7.17. The molecule has 1 aliphatic heterocycles. The lowest BCUT2D eigenvalue weighted by atomic mass is 10.1. The van der Waals surface area contributed by atoms with Crippen molar-refractivity contribution in [3.05, 3.63) is 40.4 Å². The topological polar surface area (TPSA) is 67.2 Å². The van der Waals surface area contributed by atoms with Crippen LogP contribution in [0.4, 0.5) is 24.7 Å². The molecule has 4 heterocycles. The number of fused-ring (bicyclic) bond motifs is 1. The first kappa shape index (κ1) is 17.7. The van der Waals surface area contributed by atoms with Gasteiger partial charge >= 0.3 is 6.18 Å². The third-order valence-corrected chi connectivity index (χ3v) is 5.42. The van der Waals surface area contributed by atoms with Crippen LogP contribution in [0, 0.1) is 0 Å². The van der Waals surface area contributed by atoms with Gasteiger partial charge in [0.05, 0.1) is 28.1 Å². The van der Waals surface area contributed by atoms with Gasteiger partial charge in [-0.15, -0.1) is 11.3 Å². The molecule has 7 nitrogen and oxygen atoms in total. The van der Waals surface area contributed by atoms with Gasteiger partial charge in [0, 0.05) is 26.2 Å². The van der Waals surface area contributed by atoms with Crippen molar-refractivity contribution in [3.63, 3.8) is 0 Å². The molecule has 1 aliphatic rings. The van der Waals surface area contributed by atoms with E-state index in [1.54, 1.807) is 11.3 Å². The molecule has 142 valence electrons. The number of thiophene rings is 1. The second-order valence-electron chi connectivity index (χ2n) is 6.33. The Labute approximate surface area is 155 Å². The van der Waals surface area contributed by atoms with Gasteiger partial charge < -0.3 is 9.80 Å². The number of halogens is 3. The van der Waals surface area contributed by atoms with Crippen molar-refractivity contribution in [1.82, 2.24) is 19.7 Å². The van der Waals surface area contributed by atoms with Crippen LogP contribution in [0.1, 0.15) is 0 Å². The van der Waals surface area contributed by atoms with Gasteiger partial charge in [-0.05, 0) is 11.4 Å². The predicted molar refractivity (Wildman–Crippen MR) is 96.4 cm³/mol. The molecule has 0 spiro atoms. The Morgan fingerprint density at radius 3 is 2.81 bits per heavy atom. The van der Waals surface area contributed by atoms with E-state index < -0.39 is 18.3 Å². The quantitative estimate of drug-likeness (QED) is 0.673. The van der Waals surface area contributed by atoms with E-state index in [1.165, 1.54) is 18.6 Å². The second-order valence-corrected chi connectivity index (χ2v) is 7.24. The van der Waals surface area contributed by atoms with Crippen LogP contribution in [0.5, 0.6) is 0 Å². The number of hydrogen-bond donors (Lipinski definition) is 0. The highest BCUT2D eigenvalue weighted by Gasteiger charge is 2.33. The summed E-state index contributed by atoms with van der Waals surface area (Å²) in [5.74, 6) is 0.846. The number of aromatic nitrogens is 4. The summed E-state index contributed by atoms with van der Waals surface area (Å²) in [6.07, 6.45) is -1.65. The lowest BCUT2D eigenvalue weighted by Crippen LogP contribution is -2.59. The molecule has 1 fully saturated rings. The van der Waals surface area contributed by atoms with Crippen LogP contribution < -0.4 is 15.4 Å². The predicted octanol–water partition coefficient (Wildman–Crippen LogP) is 2.14. The molecule has 4 rings (SSSR count). The monoisotopic (exact) mass is 396 g/mol. The van der Waals surface area contributed by atoms with Crippen LogP contribution >= 0.6 is 11.3 Å². The first-order valence-corrected chi connectivity index (χ1v) is 9.00. The first-order valence-electron chi connectivity index (χ1n) is 8.12. The molecule has 0 atom stereocenters. The summed E-state index contributed by atoms with van der Waals surface area (Å²) in [6, 6.07) is 3.30. The van der Waals surface area contributed by atoms with E-state index in [4.69, 9.17) is 0 Å². The number of anilines is 2. The fourth-order valence-electron chi connectivity index (χ4n) is 3.00. The van der Waals surface area contributed by atoms with Crippen molar-refractivity contribution in [2.24, 2.45) is 0 Å². The molecule has 0 N–H and O–H groups in total. The Bertz CT molecular complexity index is 1030. The summed E-state index contributed by atoms with van der Waals surface area (Å²) < 4.78 is 38.7.